The summed E-state index contributed by atoms with van der Waals surface area (Å²) in [5.41, 5.74) is 22.9. The van der Waals surface area contributed by atoms with Crippen molar-refractivity contribution in [2.24, 2.45) is 28.2 Å². The fourth-order valence-corrected chi connectivity index (χ4v) is 14.7. The Kier molecular flexibility index (Phi) is 23.2. The van der Waals surface area contributed by atoms with Gasteiger partial charge in [-0.3, -0.25) is 18.7 Å². The number of pyridine rings is 3. The van der Waals surface area contributed by atoms with Gasteiger partial charge in [-0.1, -0.05) is 18.2 Å². The highest BCUT2D eigenvalue weighted by atomic mass is 127. The van der Waals surface area contributed by atoms with Gasteiger partial charge in [0, 0.05) is 85.5 Å². The zero-order valence-electron chi connectivity index (χ0n) is 65.3. The van der Waals surface area contributed by atoms with Crippen molar-refractivity contribution in [1.82, 2.24) is 123 Å². The normalized spacial score (nSPS) is 17.9. The highest BCUT2D eigenvalue weighted by Crippen LogP contribution is 2.45. The monoisotopic (exact) mass is 1760 g/mol. The first kappa shape index (κ1) is 82.9. The molecule has 4 N–H and O–H groups in total. The van der Waals surface area contributed by atoms with E-state index >= 15 is 0 Å². The van der Waals surface area contributed by atoms with Crippen molar-refractivity contribution in [1.29, 1.82) is 0 Å². The molecule has 14 aromatic heterocycles. The van der Waals surface area contributed by atoms with Gasteiger partial charge in [0.05, 0.1) is 77.3 Å². The van der Waals surface area contributed by atoms with Crippen molar-refractivity contribution in [3.63, 3.8) is 0 Å². The van der Waals surface area contributed by atoms with Crippen molar-refractivity contribution in [2.75, 3.05) is 16.4 Å². The third-order valence-electron chi connectivity index (χ3n) is 21.2. The molecule has 0 atom stereocenters. The number of fused-ring (bicyclic) bond motifs is 7. The van der Waals surface area contributed by atoms with Crippen molar-refractivity contribution in [3.05, 3.63) is 152 Å². The second-order valence-electron chi connectivity index (χ2n) is 30.2. The van der Waals surface area contributed by atoms with Crippen molar-refractivity contribution in [2.45, 2.75) is 173 Å². The Labute approximate surface area is 686 Å². The first-order chi connectivity index (χ1) is 55.3. The molecule has 15 heterocycles. The number of aryl methyl sites for hydroxylation is 7. The number of halogens is 11. The summed E-state index contributed by atoms with van der Waals surface area (Å²) in [4.78, 5) is 46.4. The van der Waals surface area contributed by atoms with Crippen LogP contribution in [-0.2, 0) is 37.5 Å². The van der Waals surface area contributed by atoms with Gasteiger partial charge in [0.15, 0.2) is 16.9 Å². The standard InChI is InChI=1S/C19H20F2N8.C19H18F2N8.C12H19BF2O2.C12H11ClF2N4.C7H8N4.C6H4ClIN4/c2*1-11-7-15-23-10-24-29(15)9-13(11)25-18-22-8-14-17(26-18)16(27-28(14)2)12-3-5-19(20,21)6-4-12;1-10(2)11(3,4)17-13(16-10)9-5-7-12(14,15)8-6-9;1-19-8-6-16-11(13)17-10(8)9(18-19)7-2-4-12(14,15)5-3-7;1-5-2-7-9-4-10-11(7)3-6(5)8;1-12-3-2-9-6(7)10-4(3)5(8)11-12/h7-10,12H,3-6H2,1-2H3,(H,22,25,26);3,7-10H,4-6H2,1-2H3,(H,22,25,26);5H,6-8H2,1-4H3;2,6H,3-5H2,1H3;2-4H,8H2,1H3;2H,1H3. The van der Waals surface area contributed by atoms with E-state index in [9.17, 15) is 35.1 Å². The number of allylic oxidation sites excluding steroid dienone is 6. The predicted molar refractivity (Wildman–Crippen MR) is 435 cm³/mol. The minimum Gasteiger partial charge on any atom is -0.400 e. The number of rotatable bonds is 8. The van der Waals surface area contributed by atoms with Gasteiger partial charge in [-0.2, -0.15) is 35.7 Å². The molecule has 5 aliphatic rings. The third kappa shape index (κ3) is 18.6. The number of nitrogen functional groups attached to an aromatic ring is 1. The number of nitrogens with zero attached hydrogens (tertiary/aromatic N) is 25. The maximum absolute atomic E-state index is 13.6. The lowest BCUT2D eigenvalue weighted by atomic mass is 9.72. The Morgan fingerprint density at radius 1 is 0.479 bits per heavy atom. The summed E-state index contributed by atoms with van der Waals surface area (Å²) in [7, 11) is 6.77. The largest absolute Gasteiger partial charge is 0.490 e. The quantitative estimate of drug-likeness (QED) is 0.0550. The average Bonchev–Trinajstić information content (AvgIpc) is 1.65. The molecule has 1 saturated heterocycles. The highest BCUT2D eigenvalue weighted by molar-refractivity contribution is 14.1. The van der Waals surface area contributed by atoms with Crippen LogP contribution in [0.5, 0.6) is 0 Å². The summed E-state index contributed by atoms with van der Waals surface area (Å²) < 4.78 is 131. The van der Waals surface area contributed by atoms with Gasteiger partial charge < -0.3 is 25.7 Å². The predicted octanol–water partition coefficient (Wildman–Crippen LogP) is 16.2. The molecule has 0 bridgehead atoms. The van der Waals surface area contributed by atoms with Crippen LogP contribution in [0.2, 0.25) is 10.6 Å². The van der Waals surface area contributed by atoms with E-state index in [0.717, 1.165) is 104 Å². The number of aromatic nitrogens is 25. The lowest BCUT2D eigenvalue weighted by molar-refractivity contribution is -0.0384. The number of hydrogen-bond donors (Lipinski definition) is 3. The van der Waals surface area contributed by atoms with Gasteiger partial charge in [0.25, 0.3) is 17.8 Å². The lowest BCUT2D eigenvalue weighted by Crippen LogP contribution is -2.41. The number of hydrogen-bond acceptors (Lipinski definition) is 23. The molecule has 0 amide bonds. The Bertz CT molecular complexity index is 6110. The van der Waals surface area contributed by atoms with E-state index in [4.69, 9.17) is 38.2 Å². The number of nitrogens with two attached hydrogens (primary N) is 1. The molecule has 30 nitrogen and oxygen atoms in total. The Hall–Kier alpha value is -10.6. The van der Waals surface area contributed by atoms with Crippen LogP contribution in [0.15, 0.2) is 104 Å². The molecular weight excluding hydrogens is 1690 g/mol. The van der Waals surface area contributed by atoms with Gasteiger partial charge >= 0.3 is 7.12 Å². The Morgan fingerprint density at radius 3 is 1.35 bits per heavy atom. The molecule has 0 aromatic carbocycles. The summed E-state index contributed by atoms with van der Waals surface area (Å²) in [5, 5.41) is 36.7. The van der Waals surface area contributed by atoms with E-state index in [-0.39, 0.29) is 74.3 Å². The van der Waals surface area contributed by atoms with E-state index in [1.165, 1.54) is 19.0 Å². The van der Waals surface area contributed by atoms with Crippen molar-refractivity contribution < 1.29 is 44.4 Å². The van der Waals surface area contributed by atoms with Gasteiger partial charge in [0.1, 0.15) is 78.2 Å². The van der Waals surface area contributed by atoms with Crippen LogP contribution in [0.3, 0.4) is 0 Å². The topological polar surface area (TPSA) is 334 Å². The Balaban J connectivity index is 0.000000120. The summed E-state index contributed by atoms with van der Waals surface area (Å²) >= 11 is 13.5. The smallest absolute Gasteiger partial charge is 0.400 e. The second-order valence-corrected chi connectivity index (χ2v) is 31.9. The molecule has 1 saturated carbocycles. The Morgan fingerprint density at radius 2 is 0.880 bits per heavy atom. The van der Waals surface area contributed by atoms with Crippen LogP contribution < -0.4 is 16.4 Å². The molecule has 612 valence electrons. The number of alkyl halides is 8. The maximum Gasteiger partial charge on any atom is 0.490 e. The van der Waals surface area contributed by atoms with Gasteiger partial charge in [0.2, 0.25) is 28.4 Å². The summed E-state index contributed by atoms with van der Waals surface area (Å²) in [6.07, 6.45) is 21.6. The first-order valence-corrected chi connectivity index (χ1v) is 39.1. The molecular formula is C75H80BCl2F8IN28O2. The fraction of sp³-hybridized carbons (Fsp3) is 0.413. The lowest BCUT2D eigenvalue weighted by Gasteiger charge is -2.32. The molecule has 42 heteroatoms. The molecule has 0 unspecified atom stereocenters. The van der Waals surface area contributed by atoms with E-state index in [1.807, 2.05) is 93.2 Å². The average molecular weight is 1770 g/mol. The molecule has 4 aliphatic carbocycles. The van der Waals surface area contributed by atoms with E-state index in [2.05, 4.69) is 124 Å². The first-order valence-electron chi connectivity index (χ1n) is 37.2. The SMILES string of the molecule is CC1(C)OB(C2=CCC(F)(F)CC2)OC1(C)C.Cc1cc2ncnn2cc1N.Cc1cc2ncnn2cc1Nc1ncc2c(n1)c(C1=CCC(F)(F)CC1)nn2C.Cc1cc2ncnn2cc1Nc1ncc2c(n1)c(C1CCC(F)(F)CC1)nn2C.Cn1nc(C2=CCC(F)(F)CC2)c2nc(Cl)ncc21.Cn1nc(I)c2nc(Cl)ncc21. The van der Waals surface area contributed by atoms with Crippen LogP contribution in [0.4, 0.5) is 64.1 Å². The van der Waals surface area contributed by atoms with Gasteiger partial charge in [-0.15, -0.1) is 0 Å². The van der Waals surface area contributed by atoms with Crippen LogP contribution in [-0.4, -0.2) is 165 Å². The maximum atomic E-state index is 13.6. The van der Waals surface area contributed by atoms with Gasteiger partial charge in [-0.25, -0.2) is 103 Å². The van der Waals surface area contributed by atoms with Crippen LogP contribution in [0.1, 0.15) is 151 Å². The van der Waals surface area contributed by atoms with E-state index in [1.54, 1.807) is 95.6 Å². The number of nitrogens with one attached hydrogen (secondary N) is 2. The molecule has 0 radical (unpaired) electrons. The van der Waals surface area contributed by atoms with Crippen LogP contribution in [0.25, 0.3) is 72.2 Å². The second kappa shape index (κ2) is 32.7. The third-order valence-corrected chi connectivity index (χ3v) is 22.3. The molecule has 1 aliphatic heterocycles. The van der Waals surface area contributed by atoms with Gasteiger partial charge in [-0.05, 0) is 178 Å². The van der Waals surface area contributed by atoms with Crippen molar-refractivity contribution >= 4 is 154 Å². The molecule has 117 heavy (non-hydrogen) atoms. The zero-order valence-corrected chi connectivity index (χ0v) is 69.0. The molecule has 2 fully saturated rings. The number of anilines is 5. The van der Waals surface area contributed by atoms with E-state index < -0.39 is 42.0 Å². The minimum atomic E-state index is -2.65. The summed E-state index contributed by atoms with van der Waals surface area (Å²) in [5.74, 6) is -9.58. The molecule has 0 spiro atoms. The van der Waals surface area contributed by atoms with Crippen LogP contribution >= 0.6 is 45.8 Å². The van der Waals surface area contributed by atoms with Crippen molar-refractivity contribution in [3.8, 4) is 0 Å². The fourth-order valence-electron chi connectivity index (χ4n) is 13.7. The zero-order chi connectivity index (χ0) is 83.4. The molecule has 14 aromatic rings. The summed E-state index contributed by atoms with van der Waals surface area (Å²) in [6.45, 7) is 13.7. The molecule has 19 rings (SSSR count). The highest BCUT2D eigenvalue weighted by Gasteiger charge is 2.53. The van der Waals surface area contributed by atoms with E-state index in [0.29, 0.717) is 65.5 Å². The van der Waals surface area contributed by atoms with Crippen LogP contribution in [0, 0.1) is 24.5 Å². The minimum absolute atomic E-state index is 0.0192. The summed E-state index contributed by atoms with van der Waals surface area (Å²) in [6, 6.07) is 5.74.